The molecule has 0 unspecified atom stereocenters. The van der Waals surface area contributed by atoms with Crippen LogP contribution in [0.25, 0.3) is 0 Å². The molecule has 2 aromatic heterocycles. The maximum atomic E-state index is 5.74. The van der Waals surface area contributed by atoms with Gasteiger partial charge in [-0.2, -0.15) is 0 Å². The minimum atomic E-state index is 0.494. The fraction of sp³-hybridized carbons (Fsp3) is 0.111. The first-order chi connectivity index (χ1) is 6.84. The van der Waals surface area contributed by atoms with Gasteiger partial charge in [0.1, 0.15) is 5.15 Å². The Morgan fingerprint density at radius 1 is 1.43 bits per heavy atom. The first kappa shape index (κ1) is 9.43. The highest BCUT2D eigenvalue weighted by Crippen LogP contribution is 2.13. The van der Waals surface area contributed by atoms with Crippen molar-refractivity contribution < 1.29 is 0 Å². The first-order valence-corrected chi connectivity index (χ1v) is 5.39. The molecule has 0 fully saturated rings. The number of thiazole rings is 1. The fourth-order valence-corrected chi connectivity index (χ4v) is 1.76. The molecule has 5 heteroatoms. The van der Waals surface area contributed by atoms with Crippen molar-refractivity contribution >= 4 is 28.6 Å². The van der Waals surface area contributed by atoms with Crippen molar-refractivity contribution in [3.63, 3.8) is 0 Å². The van der Waals surface area contributed by atoms with Gasteiger partial charge < -0.3 is 5.32 Å². The summed E-state index contributed by atoms with van der Waals surface area (Å²) in [4.78, 5) is 8.06. The van der Waals surface area contributed by atoms with Gasteiger partial charge in [-0.05, 0) is 12.1 Å². The molecular weight excluding hydrogens is 218 g/mol. The van der Waals surface area contributed by atoms with Crippen LogP contribution in [-0.4, -0.2) is 9.97 Å². The van der Waals surface area contributed by atoms with Crippen LogP contribution < -0.4 is 5.32 Å². The zero-order valence-corrected chi connectivity index (χ0v) is 8.85. The van der Waals surface area contributed by atoms with Crippen LogP contribution in [0.1, 0.15) is 5.69 Å². The van der Waals surface area contributed by atoms with Gasteiger partial charge in [0.25, 0.3) is 0 Å². The molecule has 1 N–H and O–H groups in total. The third-order valence-electron chi connectivity index (χ3n) is 1.68. The highest BCUT2D eigenvalue weighted by Gasteiger charge is 1.96. The van der Waals surface area contributed by atoms with Gasteiger partial charge in [-0.3, -0.25) is 0 Å². The topological polar surface area (TPSA) is 37.8 Å². The normalized spacial score (nSPS) is 10.1. The van der Waals surface area contributed by atoms with E-state index in [2.05, 4.69) is 15.3 Å². The molecule has 0 radical (unpaired) electrons. The van der Waals surface area contributed by atoms with E-state index in [4.69, 9.17) is 11.6 Å². The average molecular weight is 226 g/mol. The van der Waals surface area contributed by atoms with Crippen LogP contribution in [0.15, 0.2) is 29.2 Å². The molecule has 2 heterocycles. The van der Waals surface area contributed by atoms with Gasteiger partial charge in [0.05, 0.1) is 17.7 Å². The Balaban J connectivity index is 1.98. The molecule has 0 spiro atoms. The van der Waals surface area contributed by atoms with Crippen molar-refractivity contribution in [2.45, 2.75) is 6.54 Å². The fourth-order valence-electron chi connectivity index (χ4n) is 1.03. The number of rotatable bonds is 3. The van der Waals surface area contributed by atoms with Gasteiger partial charge in [0.15, 0.2) is 0 Å². The van der Waals surface area contributed by atoms with Crippen molar-refractivity contribution in [1.82, 2.24) is 9.97 Å². The molecule has 3 nitrogen and oxygen atoms in total. The number of halogens is 1. The third-order valence-corrected chi connectivity index (χ3v) is 2.53. The molecule has 0 aliphatic rings. The molecule has 0 aromatic carbocycles. The standard InChI is InChI=1S/C9H8ClN3S/c10-9-3-7(1-2-11-9)12-4-8-5-14-6-13-8/h1-3,5-6H,4H2,(H,11,12). The highest BCUT2D eigenvalue weighted by molar-refractivity contribution is 7.07. The molecule has 2 aromatic rings. The van der Waals surface area contributed by atoms with Crippen LogP contribution in [0.3, 0.4) is 0 Å². The van der Waals surface area contributed by atoms with Crippen LogP contribution in [0, 0.1) is 0 Å². The second-order valence-electron chi connectivity index (χ2n) is 2.70. The first-order valence-electron chi connectivity index (χ1n) is 4.07. The number of hydrogen-bond acceptors (Lipinski definition) is 4. The monoisotopic (exact) mass is 225 g/mol. The van der Waals surface area contributed by atoms with E-state index in [9.17, 15) is 0 Å². The molecule has 14 heavy (non-hydrogen) atoms. The number of nitrogens with zero attached hydrogens (tertiary/aromatic N) is 2. The predicted octanol–water partition coefficient (Wildman–Crippen LogP) is 2.80. The van der Waals surface area contributed by atoms with E-state index in [0.29, 0.717) is 11.7 Å². The van der Waals surface area contributed by atoms with E-state index in [1.165, 1.54) is 0 Å². The predicted molar refractivity (Wildman–Crippen MR) is 58.7 cm³/mol. The average Bonchev–Trinajstić information content (AvgIpc) is 2.67. The van der Waals surface area contributed by atoms with Gasteiger partial charge in [-0.1, -0.05) is 11.6 Å². The maximum Gasteiger partial charge on any atom is 0.131 e. The summed E-state index contributed by atoms with van der Waals surface area (Å²) in [6.45, 7) is 0.712. The van der Waals surface area contributed by atoms with E-state index < -0.39 is 0 Å². The molecule has 2 rings (SSSR count). The molecule has 0 bridgehead atoms. The van der Waals surface area contributed by atoms with Crippen LogP contribution in [0.4, 0.5) is 5.69 Å². The van der Waals surface area contributed by atoms with Crippen molar-refractivity contribution in [2.75, 3.05) is 5.32 Å². The Hall–Kier alpha value is -1.13. The lowest BCUT2D eigenvalue weighted by Crippen LogP contribution is -1.99. The lowest BCUT2D eigenvalue weighted by molar-refractivity contribution is 1.07. The smallest absolute Gasteiger partial charge is 0.131 e. The zero-order chi connectivity index (χ0) is 9.80. The van der Waals surface area contributed by atoms with Gasteiger partial charge in [0.2, 0.25) is 0 Å². The van der Waals surface area contributed by atoms with Gasteiger partial charge >= 0.3 is 0 Å². The summed E-state index contributed by atoms with van der Waals surface area (Å²) in [7, 11) is 0. The van der Waals surface area contributed by atoms with E-state index >= 15 is 0 Å². The zero-order valence-electron chi connectivity index (χ0n) is 7.27. The number of hydrogen-bond donors (Lipinski definition) is 1. The molecular formula is C9H8ClN3S. The minimum Gasteiger partial charge on any atom is -0.379 e. The molecule has 0 atom stereocenters. The minimum absolute atomic E-state index is 0.494. The molecule has 0 amide bonds. The van der Waals surface area contributed by atoms with Gasteiger partial charge in [-0.15, -0.1) is 11.3 Å². The largest absolute Gasteiger partial charge is 0.379 e. The summed E-state index contributed by atoms with van der Waals surface area (Å²) in [5, 5.41) is 5.71. The van der Waals surface area contributed by atoms with E-state index in [0.717, 1.165) is 11.4 Å². The van der Waals surface area contributed by atoms with Crippen LogP contribution in [0.5, 0.6) is 0 Å². The summed E-state index contributed by atoms with van der Waals surface area (Å²) in [5.41, 5.74) is 3.80. The second kappa shape index (κ2) is 4.39. The Labute approximate surface area is 90.8 Å². The Morgan fingerprint density at radius 3 is 3.07 bits per heavy atom. The molecule has 0 aliphatic carbocycles. The van der Waals surface area contributed by atoms with Gasteiger partial charge in [-0.25, -0.2) is 9.97 Å². The molecule has 0 aliphatic heterocycles. The quantitative estimate of drug-likeness (QED) is 0.817. The van der Waals surface area contributed by atoms with Crippen LogP contribution >= 0.6 is 22.9 Å². The van der Waals surface area contributed by atoms with E-state index in [1.807, 2.05) is 17.0 Å². The number of anilines is 1. The Morgan fingerprint density at radius 2 is 2.36 bits per heavy atom. The summed E-state index contributed by atoms with van der Waals surface area (Å²) in [6, 6.07) is 3.66. The molecule has 72 valence electrons. The third kappa shape index (κ3) is 2.43. The van der Waals surface area contributed by atoms with E-state index in [-0.39, 0.29) is 0 Å². The Kier molecular flexibility index (Phi) is 2.96. The van der Waals surface area contributed by atoms with E-state index in [1.54, 1.807) is 23.6 Å². The van der Waals surface area contributed by atoms with Crippen LogP contribution in [0.2, 0.25) is 5.15 Å². The second-order valence-corrected chi connectivity index (χ2v) is 3.81. The summed E-state index contributed by atoms with van der Waals surface area (Å²) >= 11 is 7.33. The van der Waals surface area contributed by atoms with Crippen molar-refractivity contribution in [2.24, 2.45) is 0 Å². The van der Waals surface area contributed by atoms with Gasteiger partial charge in [0, 0.05) is 17.3 Å². The summed E-state index contributed by atoms with van der Waals surface area (Å²) < 4.78 is 0. The number of nitrogens with one attached hydrogen (secondary N) is 1. The molecule has 0 saturated heterocycles. The highest BCUT2D eigenvalue weighted by atomic mass is 35.5. The summed E-state index contributed by atoms with van der Waals surface area (Å²) in [6.07, 6.45) is 1.67. The van der Waals surface area contributed by atoms with Crippen molar-refractivity contribution in [3.05, 3.63) is 40.1 Å². The van der Waals surface area contributed by atoms with Crippen molar-refractivity contribution in [1.29, 1.82) is 0 Å². The number of aromatic nitrogens is 2. The molecule has 0 saturated carbocycles. The lowest BCUT2D eigenvalue weighted by atomic mass is 10.4. The lowest BCUT2D eigenvalue weighted by Gasteiger charge is -2.03. The number of pyridine rings is 1. The van der Waals surface area contributed by atoms with Crippen molar-refractivity contribution in [3.8, 4) is 0 Å². The summed E-state index contributed by atoms with van der Waals surface area (Å²) in [5.74, 6) is 0. The SMILES string of the molecule is Clc1cc(NCc2cscn2)ccn1. The Bertz CT molecular complexity index is 402. The maximum absolute atomic E-state index is 5.74. The van der Waals surface area contributed by atoms with Crippen LogP contribution in [-0.2, 0) is 6.54 Å².